The molecule has 0 aliphatic rings. The molecule has 61 heavy (non-hydrogen) atoms. The molecule has 0 saturated heterocycles. The van der Waals surface area contributed by atoms with Crippen molar-refractivity contribution in [2.75, 3.05) is 0 Å². The van der Waals surface area contributed by atoms with Crippen LogP contribution in [-0.2, 0) is 0 Å². The summed E-state index contributed by atoms with van der Waals surface area (Å²) in [6, 6.07) is 74.9. The maximum atomic E-state index is 2.52. The minimum atomic E-state index is 1.22. The van der Waals surface area contributed by atoms with Crippen LogP contribution in [0.25, 0.3) is 137 Å². The molecule has 13 rings (SSSR count). The van der Waals surface area contributed by atoms with E-state index in [2.05, 4.69) is 219 Å². The van der Waals surface area contributed by atoms with Crippen LogP contribution in [0.5, 0.6) is 0 Å². The molecule has 0 saturated carbocycles. The van der Waals surface area contributed by atoms with Crippen molar-refractivity contribution in [1.82, 2.24) is 0 Å². The number of benzene rings is 11. The lowest BCUT2D eigenvalue weighted by Gasteiger charge is -2.19. The van der Waals surface area contributed by atoms with E-state index in [9.17, 15) is 0 Å². The Labute approximate surface area is 353 Å². The number of allylic oxidation sites excluding steroid dienone is 1. The van der Waals surface area contributed by atoms with Crippen LogP contribution in [0, 0.1) is 0 Å². The van der Waals surface area contributed by atoms with Crippen molar-refractivity contribution in [2.45, 2.75) is 6.92 Å². The molecule has 0 atom stereocenters. The van der Waals surface area contributed by atoms with Gasteiger partial charge in [-0.05, 0) is 161 Å². The van der Waals surface area contributed by atoms with Crippen LogP contribution in [0.15, 0.2) is 206 Å². The molecule has 0 N–H and O–H groups in total. The lowest BCUT2D eigenvalue weighted by Crippen LogP contribution is -1.91. The standard InChI is InChI=1S/C61H38/c1-2-15-43-35-42(41-29-28-37-16-9-10-21-40(37)34-41)30-31-44(43)47-32-33-52-57-49(47)25-14-27-51(57)60-55(38-17-5-3-6-18-38)54-36-53-46-23-12-11-22-45(46)48-24-13-26-50(58(48)53)59(54)56(61(52)60)39-19-7-4-8-20-39/h2-36H,1H3. The van der Waals surface area contributed by atoms with E-state index in [1.54, 1.807) is 0 Å². The van der Waals surface area contributed by atoms with Gasteiger partial charge in [-0.15, -0.1) is 0 Å². The summed E-state index contributed by atoms with van der Waals surface area (Å²) in [5.41, 5.74) is 11.2. The lowest BCUT2D eigenvalue weighted by molar-refractivity contribution is 1.59. The molecule has 282 valence electrons. The molecule has 0 spiro atoms. The zero-order valence-corrected chi connectivity index (χ0v) is 33.7. The van der Waals surface area contributed by atoms with Gasteiger partial charge in [-0.25, -0.2) is 0 Å². The number of rotatable bonds is 5. The highest BCUT2D eigenvalue weighted by atomic mass is 14.3. The average molecular weight is 771 g/mol. The molecule has 0 bridgehead atoms. The normalized spacial score (nSPS) is 12.3. The summed E-state index contributed by atoms with van der Waals surface area (Å²) in [7, 11) is 0. The van der Waals surface area contributed by atoms with Gasteiger partial charge in [-0.3, -0.25) is 0 Å². The number of fused-ring (bicyclic) bond motifs is 9. The molecular weight excluding hydrogens is 733 g/mol. The molecule has 13 aromatic carbocycles. The van der Waals surface area contributed by atoms with Crippen molar-refractivity contribution >= 4 is 92.3 Å². The van der Waals surface area contributed by atoms with Crippen molar-refractivity contribution in [1.29, 1.82) is 0 Å². The second-order valence-corrected chi connectivity index (χ2v) is 16.6. The molecule has 0 heterocycles. The smallest absolute Gasteiger partial charge is 0.000719 e. The largest absolute Gasteiger partial charge is 0.0870 e. The molecule has 0 fully saturated rings. The van der Waals surface area contributed by atoms with Crippen LogP contribution in [0.2, 0.25) is 0 Å². The van der Waals surface area contributed by atoms with Gasteiger partial charge < -0.3 is 0 Å². The highest BCUT2D eigenvalue weighted by Gasteiger charge is 2.27. The monoisotopic (exact) mass is 770 g/mol. The van der Waals surface area contributed by atoms with E-state index in [1.165, 1.54) is 136 Å². The third-order valence-electron chi connectivity index (χ3n) is 13.4. The fraction of sp³-hybridized carbons (Fsp3) is 0.0164. The van der Waals surface area contributed by atoms with Gasteiger partial charge in [0.25, 0.3) is 0 Å². The highest BCUT2D eigenvalue weighted by Crippen LogP contribution is 2.55. The molecule has 0 aliphatic carbocycles. The van der Waals surface area contributed by atoms with Gasteiger partial charge in [0.2, 0.25) is 0 Å². The third-order valence-corrected chi connectivity index (χ3v) is 13.4. The van der Waals surface area contributed by atoms with Crippen LogP contribution >= 0.6 is 0 Å². The quantitative estimate of drug-likeness (QED) is 0.153. The van der Waals surface area contributed by atoms with E-state index in [0.29, 0.717) is 0 Å². The Morgan fingerprint density at radius 1 is 0.279 bits per heavy atom. The van der Waals surface area contributed by atoms with Crippen LogP contribution in [0.4, 0.5) is 0 Å². The molecule has 0 amide bonds. The predicted octanol–water partition coefficient (Wildman–Crippen LogP) is 17.5. The zero-order valence-electron chi connectivity index (χ0n) is 33.7. The molecule has 0 aromatic heterocycles. The Hall–Kier alpha value is -7.80. The molecule has 0 aliphatic heterocycles. The first-order valence-corrected chi connectivity index (χ1v) is 21.4. The van der Waals surface area contributed by atoms with Gasteiger partial charge in [0.1, 0.15) is 0 Å². The highest BCUT2D eigenvalue weighted by molar-refractivity contribution is 6.45. The summed E-state index contributed by atoms with van der Waals surface area (Å²) >= 11 is 0. The predicted molar refractivity (Wildman–Crippen MR) is 265 cm³/mol. The van der Waals surface area contributed by atoms with Crippen LogP contribution in [0.3, 0.4) is 0 Å². The fourth-order valence-electron chi connectivity index (χ4n) is 10.9. The Balaban J connectivity index is 1.18. The van der Waals surface area contributed by atoms with Crippen LogP contribution in [0.1, 0.15) is 12.5 Å². The van der Waals surface area contributed by atoms with E-state index in [-0.39, 0.29) is 0 Å². The summed E-state index contributed by atoms with van der Waals surface area (Å²) in [4.78, 5) is 0. The lowest BCUT2D eigenvalue weighted by atomic mass is 9.84. The van der Waals surface area contributed by atoms with E-state index >= 15 is 0 Å². The topological polar surface area (TPSA) is 0 Å². The minimum absolute atomic E-state index is 1.22. The van der Waals surface area contributed by atoms with Crippen molar-refractivity contribution in [3.05, 3.63) is 212 Å². The van der Waals surface area contributed by atoms with E-state index in [4.69, 9.17) is 0 Å². The third kappa shape index (κ3) is 4.88. The van der Waals surface area contributed by atoms with E-state index in [1.807, 2.05) is 0 Å². The summed E-state index contributed by atoms with van der Waals surface area (Å²) < 4.78 is 0. The molecule has 13 aromatic rings. The molecule has 0 nitrogen and oxygen atoms in total. The molecule has 0 unspecified atom stereocenters. The van der Waals surface area contributed by atoms with Gasteiger partial charge in [0.05, 0.1) is 0 Å². The summed E-state index contributed by atoms with van der Waals surface area (Å²) in [6.45, 7) is 2.12. The average Bonchev–Trinajstić information content (AvgIpc) is 3.83. The summed E-state index contributed by atoms with van der Waals surface area (Å²) in [5.74, 6) is 0. The van der Waals surface area contributed by atoms with E-state index in [0.717, 1.165) is 0 Å². The van der Waals surface area contributed by atoms with Gasteiger partial charge in [-0.1, -0.05) is 194 Å². The van der Waals surface area contributed by atoms with Crippen LogP contribution in [-0.4, -0.2) is 0 Å². The first kappa shape index (κ1) is 34.1. The van der Waals surface area contributed by atoms with Crippen molar-refractivity contribution < 1.29 is 0 Å². The Morgan fingerprint density at radius 2 is 0.820 bits per heavy atom. The Bertz CT molecular complexity index is 3910. The first-order chi connectivity index (χ1) is 30.2. The maximum absolute atomic E-state index is 2.52. The molecular formula is C61H38. The van der Waals surface area contributed by atoms with Crippen molar-refractivity contribution in [3.8, 4) is 44.5 Å². The molecule has 0 heteroatoms. The van der Waals surface area contributed by atoms with Gasteiger partial charge in [0.15, 0.2) is 0 Å². The van der Waals surface area contributed by atoms with Crippen molar-refractivity contribution in [3.63, 3.8) is 0 Å². The van der Waals surface area contributed by atoms with Gasteiger partial charge >= 0.3 is 0 Å². The summed E-state index contributed by atoms with van der Waals surface area (Å²) in [6.07, 6.45) is 4.44. The Morgan fingerprint density at radius 3 is 1.59 bits per heavy atom. The number of hydrogen-bond donors (Lipinski definition) is 0. The van der Waals surface area contributed by atoms with E-state index < -0.39 is 0 Å². The maximum Gasteiger partial charge on any atom is -0.000719 e. The van der Waals surface area contributed by atoms with Gasteiger partial charge in [0, 0.05) is 0 Å². The Kier molecular flexibility index (Phi) is 7.32. The molecule has 0 radical (unpaired) electrons. The zero-order chi connectivity index (χ0) is 40.2. The SMILES string of the molecule is CC=Cc1cc(-c2ccc3ccccc3c2)ccc1-c1ccc2c3c(-c4ccccc4)c4c(cc5c6ccccc6c6cccc4c65)c(-c4ccccc4)c3c3cccc1c32. The van der Waals surface area contributed by atoms with Crippen molar-refractivity contribution in [2.24, 2.45) is 0 Å². The fourth-order valence-corrected chi connectivity index (χ4v) is 10.9. The van der Waals surface area contributed by atoms with Crippen LogP contribution < -0.4 is 0 Å². The van der Waals surface area contributed by atoms with Gasteiger partial charge in [-0.2, -0.15) is 0 Å². The second-order valence-electron chi connectivity index (χ2n) is 16.6. The summed E-state index contributed by atoms with van der Waals surface area (Å²) in [5, 5.41) is 20.9. The number of hydrogen-bond acceptors (Lipinski definition) is 0. The minimum Gasteiger partial charge on any atom is -0.0870 e. The first-order valence-electron chi connectivity index (χ1n) is 21.4. The second kappa shape index (κ2) is 13.1.